The molecule has 110 valence electrons. The van der Waals surface area contributed by atoms with E-state index in [1.807, 2.05) is 5.32 Å². The third kappa shape index (κ3) is 3.01. The molecule has 1 aromatic rings. The van der Waals surface area contributed by atoms with E-state index in [1.54, 1.807) is 0 Å². The number of phenols is 1. The summed E-state index contributed by atoms with van der Waals surface area (Å²) >= 11 is 0. The van der Waals surface area contributed by atoms with E-state index in [1.165, 1.54) is 13.8 Å². The number of benzene rings is 1. The Morgan fingerprint density at radius 1 is 1.20 bits per heavy atom. The van der Waals surface area contributed by atoms with Crippen LogP contribution in [0.1, 0.15) is 24.2 Å². The van der Waals surface area contributed by atoms with Gasteiger partial charge in [-0.3, -0.25) is 4.79 Å². The number of amides is 1. The maximum Gasteiger partial charge on any atom is 0.326 e. The summed E-state index contributed by atoms with van der Waals surface area (Å²) in [5, 5.41) is 19.8. The number of carbonyl (C=O) groups excluding carboxylic acids is 1. The Morgan fingerprint density at radius 3 is 2.20 bits per heavy atom. The minimum absolute atomic E-state index is 0.249. The molecule has 5 nitrogen and oxygen atoms in total. The Bertz CT molecular complexity index is 560. The Labute approximate surface area is 112 Å². The summed E-state index contributed by atoms with van der Waals surface area (Å²) in [7, 11) is 0. The molecular formula is C12H12F3NO4. The van der Waals surface area contributed by atoms with Crippen molar-refractivity contribution >= 4 is 11.9 Å². The lowest BCUT2D eigenvalue weighted by Gasteiger charge is -2.18. The summed E-state index contributed by atoms with van der Waals surface area (Å²) in [5.74, 6) is -9.87. The molecule has 1 aromatic carbocycles. The predicted octanol–water partition coefficient (Wildman–Crippen LogP) is 1.65. The highest BCUT2D eigenvalue weighted by Crippen LogP contribution is 2.25. The van der Waals surface area contributed by atoms with Crippen LogP contribution in [0.4, 0.5) is 13.2 Å². The summed E-state index contributed by atoms with van der Waals surface area (Å²) in [6.45, 7) is 3.00. The smallest absolute Gasteiger partial charge is 0.326 e. The summed E-state index contributed by atoms with van der Waals surface area (Å²) in [6, 6.07) is -1.09. The molecule has 0 radical (unpaired) electrons. The first-order valence-corrected chi connectivity index (χ1v) is 5.57. The van der Waals surface area contributed by atoms with Crippen molar-refractivity contribution in [3.63, 3.8) is 0 Å². The third-order valence-corrected chi connectivity index (χ3v) is 2.60. The minimum Gasteiger partial charge on any atom is -0.503 e. The zero-order chi connectivity index (χ0) is 15.6. The van der Waals surface area contributed by atoms with Crippen molar-refractivity contribution in [3.8, 4) is 5.75 Å². The van der Waals surface area contributed by atoms with Crippen LogP contribution in [0.3, 0.4) is 0 Å². The molecule has 0 aliphatic carbocycles. The van der Waals surface area contributed by atoms with Crippen molar-refractivity contribution < 1.29 is 33.0 Å². The predicted molar refractivity (Wildman–Crippen MR) is 61.7 cm³/mol. The van der Waals surface area contributed by atoms with Crippen LogP contribution >= 0.6 is 0 Å². The first-order chi connectivity index (χ1) is 9.16. The van der Waals surface area contributed by atoms with E-state index < -0.39 is 52.6 Å². The number of halogens is 3. The number of nitrogens with one attached hydrogen (secondary N) is 1. The van der Waals surface area contributed by atoms with E-state index in [4.69, 9.17) is 10.2 Å². The maximum atomic E-state index is 13.5. The standard InChI is InChI=1S/C12H12F3NO4/c1-4(2)9(12(19)20)16-11(18)5-3-6(13)8(15)10(17)7(5)14/h3-4,9,17H,1-2H3,(H,16,18)(H,19,20)/t9-/m1/s1. The van der Waals surface area contributed by atoms with Crippen LogP contribution < -0.4 is 5.32 Å². The fraction of sp³-hybridized carbons (Fsp3) is 0.333. The van der Waals surface area contributed by atoms with Crippen LogP contribution in [0.25, 0.3) is 0 Å². The molecule has 0 unspecified atom stereocenters. The monoisotopic (exact) mass is 291 g/mol. The molecule has 0 fully saturated rings. The van der Waals surface area contributed by atoms with Crippen LogP contribution in [0, 0.1) is 23.4 Å². The fourth-order valence-electron chi connectivity index (χ4n) is 1.49. The molecule has 20 heavy (non-hydrogen) atoms. The van der Waals surface area contributed by atoms with Gasteiger partial charge in [-0.15, -0.1) is 0 Å². The Balaban J connectivity index is 3.13. The highest BCUT2D eigenvalue weighted by Gasteiger charge is 2.28. The topological polar surface area (TPSA) is 86.6 Å². The third-order valence-electron chi connectivity index (χ3n) is 2.60. The Kier molecular flexibility index (Phi) is 4.59. The number of aliphatic carboxylic acids is 1. The number of carboxylic acid groups (broad SMARTS) is 1. The summed E-state index contributed by atoms with van der Waals surface area (Å²) in [5.41, 5.74) is -0.978. The quantitative estimate of drug-likeness (QED) is 0.736. The second-order valence-electron chi connectivity index (χ2n) is 4.42. The van der Waals surface area contributed by atoms with Gasteiger partial charge in [0.2, 0.25) is 5.82 Å². The van der Waals surface area contributed by atoms with Crippen molar-refractivity contribution in [1.82, 2.24) is 5.32 Å². The lowest BCUT2D eigenvalue weighted by Crippen LogP contribution is -2.44. The van der Waals surface area contributed by atoms with Gasteiger partial charge in [0.25, 0.3) is 5.91 Å². The van der Waals surface area contributed by atoms with Gasteiger partial charge in [-0.2, -0.15) is 4.39 Å². The molecule has 1 amide bonds. The average Bonchev–Trinajstić information content (AvgIpc) is 2.36. The first-order valence-electron chi connectivity index (χ1n) is 5.57. The van der Waals surface area contributed by atoms with Crippen molar-refractivity contribution in [1.29, 1.82) is 0 Å². The van der Waals surface area contributed by atoms with Gasteiger partial charge in [-0.05, 0) is 12.0 Å². The first kappa shape index (κ1) is 15.8. The van der Waals surface area contributed by atoms with E-state index in [0.29, 0.717) is 0 Å². The SMILES string of the molecule is CC(C)[C@@H](NC(=O)c1cc(F)c(F)c(O)c1F)C(=O)O. The van der Waals surface area contributed by atoms with Crippen molar-refractivity contribution in [2.24, 2.45) is 5.92 Å². The van der Waals surface area contributed by atoms with E-state index in [2.05, 4.69) is 0 Å². The van der Waals surface area contributed by atoms with Gasteiger partial charge in [-0.25, -0.2) is 13.6 Å². The lowest BCUT2D eigenvalue weighted by molar-refractivity contribution is -0.140. The zero-order valence-corrected chi connectivity index (χ0v) is 10.6. The second-order valence-corrected chi connectivity index (χ2v) is 4.42. The average molecular weight is 291 g/mol. The largest absolute Gasteiger partial charge is 0.503 e. The summed E-state index contributed by atoms with van der Waals surface area (Å²) < 4.78 is 39.4. The van der Waals surface area contributed by atoms with E-state index >= 15 is 0 Å². The number of hydrogen-bond donors (Lipinski definition) is 3. The van der Waals surface area contributed by atoms with Gasteiger partial charge >= 0.3 is 5.97 Å². The van der Waals surface area contributed by atoms with Gasteiger partial charge in [0.05, 0.1) is 5.56 Å². The van der Waals surface area contributed by atoms with Crippen molar-refractivity contribution in [3.05, 3.63) is 29.1 Å². The summed E-state index contributed by atoms with van der Waals surface area (Å²) in [6.07, 6.45) is 0. The molecule has 1 atom stereocenters. The molecule has 8 heteroatoms. The highest BCUT2D eigenvalue weighted by molar-refractivity contribution is 5.97. The molecule has 1 rings (SSSR count). The van der Waals surface area contributed by atoms with Crippen LogP contribution in [-0.2, 0) is 4.79 Å². The highest BCUT2D eigenvalue weighted by atomic mass is 19.2. The number of carbonyl (C=O) groups is 2. The van der Waals surface area contributed by atoms with Gasteiger partial charge in [0.15, 0.2) is 17.4 Å². The number of phenolic OH excluding ortho intramolecular Hbond substituents is 1. The van der Waals surface area contributed by atoms with Crippen LogP contribution in [0.2, 0.25) is 0 Å². The molecular weight excluding hydrogens is 279 g/mol. The number of rotatable bonds is 4. The molecule has 0 aliphatic rings. The minimum atomic E-state index is -1.82. The molecule has 3 N–H and O–H groups in total. The number of hydrogen-bond acceptors (Lipinski definition) is 3. The molecule has 0 spiro atoms. The van der Waals surface area contributed by atoms with Crippen molar-refractivity contribution in [2.45, 2.75) is 19.9 Å². The van der Waals surface area contributed by atoms with Gasteiger partial charge in [-0.1, -0.05) is 13.8 Å². The maximum absolute atomic E-state index is 13.5. The normalized spacial score (nSPS) is 12.3. The zero-order valence-electron chi connectivity index (χ0n) is 10.6. The van der Waals surface area contributed by atoms with Crippen LogP contribution in [-0.4, -0.2) is 28.1 Å². The van der Waals surface area contributed by atoms with Crippen molar-refractivity contribution in [2.75, 3.05) is 0 Å². The Hall–Kier alpha value is -2.25. The van der Waals surface area contributed by atoms with Gasteiger partial charge < -0.3 is 15.5 Å². The molecule has 0 aliphatic heterocycles. The van der Waals surface area contributed by atoms with E-state index in [0.717, 1.165) is 0 Å². The van der Waals surface area contributed by atoms with Gasteiger partial charge in [0.1, 0.15) is 6.04 Å². The van der Waals surface area contributed by atoms with Gasteiger partial charge in [0, 0.05) is 0 Å². The second kappa shape index (κ2) is 5.81. The molecule has 0 aromatic heterocycles. The van der Waals surface area contributed by atoms with Crippen LogP contribution in [0.5, 0.6) is 5.75 Å². The Morgan fingerprint density at radius 2 is 1.75 bits per heavy atom. The molecule has 0 saturated carbocycles. The molecule has 0 heterocycles. The summed E-state index contributed by atoms with van der Waals surface area (Å²) in [4.78, 5) is 22.6. The van der Waals surface area contributed by atoms with E-state index in [9.17, 15) is 22.8 Å². The lowest BCUT2D eigenvalue weighted by atomic mass is 10.0. The van der Waals surface area contributed by atoms with Crippen LogP contribution in [0.15, 0.2) is 6.07 Å². The van der Waals surface area contributed by atoms with E-state index in [-0.39, 0.29) is 6.07 Å². The number of carboxylic acids is 1. The molecule has 0 bridgehead atoms. The fourth-order valence-corrected chi connectivity index (χ4v) is 1.49. The number of aromatic hydroxyl groups is 1. The molecule has 0 saturated heterocycles.